The summed E-state index contributed by atoms with van der Waals surface area (Å²) in [5.41, 5.74) is 0. The monoisotopic (exact) mass is 260 g/mol. The minimum atomic E-state index is -0.240. The Morgan fingerprint density at radius 1 is 0.824 bits per heavy atom. The van der Waals surface area contributed by atoms with Gasteiger partial charge in [0, 0.05) is 7.12 Å². The maximum absolute atomic E-state index is 2.25. The van der Waals surface area contributed by atoms with Gasteiger partial charge < -0.3 is 0 Å². The summed E-state index contributed by atoms with van der Waals surface area (Å²) in [6.45, 7) is 2.25. The summed E-state index contributed by atoms with van der Waals surface area (Å²) in [6.07, 6.45) is 1.24. The predicted molar refractivity (Wildman–Crippen MR) is 81.8 cm³/mol. The second-order valence-corrected chi connectivity index (χ2v) is 7.96. The van der Waals surface area contributed by atoms with Crippen molar-refractivity contribution in [3.8, 4) is 0 Å². The van der Waals surface area contributed by atoms with Crippen LogP contribution < -0.4 is 10.6 Å². The van der Waals surface area contributed by atoms with Crippen molar-refractivity contribution in [2.45, 2.75) is 13.3 Å². The lowest BCUT2D eigenvalue weighted by molar-refractivity contribution is 1.11. The first-order valence-corrected chi connectivity index (χ1v) is 8.88. The van der Waals surface area contributed by atoms with Crippen molar-refractivity contribution in [1.29, 1.82) is 0 Å². The van der Waals surface area contributed by atoms with Gasteiger partial charge >= 0.3 is 0 Å². The van der Waals surface area contributed by atoms with Crippen LogP contribution in [0.2, 0.25) is 0 Å². The van der Waals surface area contributed by atoms with Gasteiger partial charge in [0.2, 0.25) is 0 Å². The molecule has 2 aromatic carbocycles. The molecular formula is C15H17PS. The predicted octanol–water partition coefficient (Wildman–Crippen LogP) is 4.18. The lowest BCUT2D eigenvalue weighted by Crippen LogP contribution is -2.09. The van der Waals surface area contributed by atoms with Crippen LogP contribution in [0, 0.1) is 0 Å². The zero-order valence-electron chi connectivity index (χ0n) is 10.0. The van der Waals surface area contributed by atoms with E-state index >= 15 is 0 Å². The molecule has 0 radical (unpaired) electrons. The fraction of sp³-hybridized carbons (Fsp3) is 0.200. The standard InChI is InChI=1S/C15H17PS/c1-2-13-17-16(14-9-5-3-6-10-14)15-11-7-4-8-12-15/h3-12H,2,13H2,1H3. The fourth-order valence-electron chi connectivity index (χ4n) is 1.61. The molecule has 0 nitrogen and oxygen atoms in total. The Labute approximate surface area is 109 Å². The molecule has 0 fully saturated rings. The van der Waals surface area contributed by atoms with Crippen molar-refractivity contribution in [3.63, 3.8) is 0 Å². The molecule has 0 aliphatic heterocycles. The van der Waals surface area contributed by atoms with Crippen LogP contribution in [0.1, 0.15) is 13.3 Å². The molecule has 0 amide bonds. The van der Waals surface area contributed by atoms with Crippen LogP contribution in [0.25, 0.3) is 0 Å². The first-order chi connectivity index (χ1) is 8.42. The van der Waals surface area contributed by atoms with Crippen LogP contribution in [0.4, 0.5) is 0 Å². The van der Waals surface area contributed by atoms with Gasteiger partial charge in [0.1, 0.15) is 0 Å². The summed E-state index contributed by atoms with van der Waals surface area (Å²) in [7, 11) is -0.240. The van der Waals surface area contributed by atoms with E-state index in [1.165, 1.54) is 22.8 Å². The summed E-state index contributed by atoms with van der Waals surface area (Å²) in [4.78, 5) is 0. The highest BCUT2D eigenvalue weighted by Gasteiger charge is 2.12. The van der Waals surface area contributed by atoms with Crippen LogP contribution >= 0.6 is 18.5 Å². The number of rotatable bonds is 5. The second-order valence-electron chi connectivity index (χ2n) is 3.80. The van der Waals surface area contributed by atoms with Gasteiger partial charge in [-0.1, -0.05) is 67.6 Å². The number of benzene rings is 2. The van der Waals surface area contributed by atoms with E-state index in [1.54, 1.807) is 0 Å². The third-order valence-corrected chi connectivity index (χ3v) is 7.38. The minimum Gasteiger partial charge on any atom is -0.124 e. The third-order valence-electron chi connectivity index (χ3n) is 2.41. The molecule has 17 heavy (non-hydrogen) atoms. The Kier molecular flexibility index (Phi) is 5.09. The van der Waals surface area contributed by atoms with E-state index in [0.29, 0.717) is 0 Å². The van der Waals surface area contributed by atoms with Gasteiger partial charge in [-0.15, -0.1) is 11.4 Å². The lowest BCUT2D eigenvalue weighted by atomic mass is 10.4. The van der Waals surface area contributed by atoms with Crippen LogP contribution in [0.3, 0.4) is 0 Å². The molecule has 0 atom stereocenters. The average Bonchev–Trinajstić information content (AvgIpc) is 2.42. The van der Waals surface area contributed by atoms with Crippen molar-refractivity contribution in [1.82, 2.24) is 0 Å². The highest BCUT2D eigenvalue weighted by molar-refractivity contribution is 8.60. The fourth-order valence-corrected chi connectivity index (χ4v) is 6.17. The van der Waals surface area contributed by atoms with Gasteiger partial charge in [-0.25, -0.2) is 0 Å². The summed E-state index contributed by atoms with van der Waals surface area (Å²) < 4.78 is 0. The van der Waals surface area contributed by atoms with Crippen LogP contribution in [0.15, 0.2) is 60.7 Å². The normalized spacial score (nSPS) is 10.7. The van der Waals surface area contributed by atoms with E-state index in [0.717, 1.165) is 0 Å². The highest BCUT2D eigenvalue weighted by Crippen LogP contribution is 2.47. The van der Waals surface area contributed by atoms with Crippen molar-refractivity contribution in [2.24, 2.45) is 0 Å². The molecule has 0 aromatic heterocycles. The lowest BCUT2D eigenvalue weighted by Gasteiger charge is -2.17. The number of hydrogen-bond acceptors (Lipinski definition) is 1. The SMILES string of the molecule is CCCSP(c1ccccc1)c1ccccc1. The Morgan fingerprint density at radius 3 is 1.71 bits per heavy atom. The largest absolute Gasteiger partial charge is 0.124 e. The molecule has 0 spiro atoms. The highest BCUT2D eigenvalue weighted by atomic mass is 32.7. The van der Waals surface area contributed by atoms with E-state index in [2.05, 4.69) is 79.0 Å². The molecule has 0 saturated carbocycles. The summed E-state index contributed by atoms with van der Waals surface area (Å²) in [5, 5.41) is 2.93. The molecular weight excluding hydrogens is 243 g/mol. The summed E-state index contributed by atoms with van der Waals surface area (Å²) in [5.74, 6) is 1.23. The van der Waals surface area contributed by atoms with Gasteiger partial charge in [-0.05, 0) is 22.8 Å². The number of hydrogen-bond donors (Lipinski definition) is 0. The summed E-state index contributed by atoms with van der Waals surface area (Å²) in [6, 6.07) is 21.7. The molecule has 0 aliphatic carbocycles. The average molecular weight is 260 g/mol. The Balaban J connectivity index is 2.26. The van der Waals surface area contributed by atoms with E-state index in [1.807, 2.05) is 0 Å². The van der Waals surface area contributed by atoms with Gasteiger partial charge in [0.05, 0.1) is 0 Å². The van der Waals surface area contributed by atoms with Crippen molar-refractivity contribution in [2.75, 3.05) is 5.75 Å². The zero-order chi connectivity index (χ0) is 11.9. The molecule has 2 aromatic rings. The van der Waals surface area contributed by atoms with E-state index in [4.69, 9.17) is 0 Å². The molecule has 0 N–H and O–H groups in total. The molecule has 88 valence electrons. The Hall–Kier alpha value is -0.780. The Morgan fingerprint density at radius 2 is 1.29 bits per heavy atom. The molecule has 0 aliphatic rings. The van der Waals surface area contributed by atoms with Gasteiger partial charge in [-0.2, -0.15) is 0 Å². The van der Waals surface area contributed by atoms with Crippen molar-refractivity contribution in [3.05, 3.63) is 60.7 Å². The molecule has 0 heterocycles. The van der Waals surface area contributed by atoms with Gasteiger partial charge in [0.15, 0.2) is 0 Å². The zero-order valence-corrected chi connectivity index (χ0v) is 11.8. The maximum Gasteiger partial charge on any atom is 0.0152 e. The van der Waals surface area contributed by atoms with Crippen molar-refractivity contribution < 1.29 is 0 Å². The maximum atomic E-state index is 2.25. The van der Waals surface area contributed by atoms with Crippen molar-refractivity contribution >= 4 is 29.1 Å². The molecule has 0 saturated heterocycles. The van der Waals surface area contributed by atoms with Gasteiger partial charge in [-0.3, -0.25) is 0 Å². The quantitative estimate of drug-likeness (QED) is 0.727. The second kappa shape index (κ2) is 6.83. The third kappa shape index (κ3) is 3.59. The summed E-state index contributed by atoms with van der Waals surface area (Å²) >= 11 is 2.09. The van der Waals surface area contributed by atoms with Crippen LogP contribution in [-0.2, 0) is 0 Å². The van der Waals surface area contributed by atoms with Crippen LogP contribution in [0.5, 0.6) is 0 Å². The molecule has 2 heteroatoms. The first-order valence-electron chi connectivity index (χ1n) is 5.95. The first kappa shape index (κ1) is 12.7. The molecule has 0 bridgehead atoms. The minimum absolute atomic E-state index is 0.240. The smallest absolute Gasteiger partial charge is 0.0152 e. The van der Waals surface area contributed by atoms with E-state index < -0.39 is 0 Å². The van der Waals surface area contributed by atoms with Gasteiger partial charge in [0.25, 0.3) is 0 Å². The topological polar surface area (TPSA) is 0 Å². The van der Waals surface area contributed by atoms with Crippen LogP contribution in [-0.4, -0.2) is 5.75 Å². The molecule has 0 unspecified atom stereocenters. The Bertz CT molecular complexity index is 388. The van der Waals surface area contributed by atoms with E-state index in [-0.39, 0.29) is 7.12 Å². The molecule has 2 rings (SSSR count). The van der Waals surface area contributed by atoms with E-state index in [9.17, 15) is 0 Å².